The maximum absolute atomic E-state index is 11.7. The second-order valence-corrected chi connectivity index (χ2v) is 4.37. The van der Waals surface area contributed by atoms with E-state index < -0.39 is 6.10 Å². The molecule has 1 aromatic carbocycles. The number of ether oxygens (including phenoxy) is 2. The van der Waals surface area contributed by atoms with Crippen molar-refractivity contribution in [1.82, 2.24) is 5.32 Å². The fraction of sp³-hybridized carbons (Fsp3) is 0.462. The molecule has 2 rings (SSSR count). The van der Waals surface area contributed by atoms with Gasteiger partial charge in [-0.2, -0.15) is 0 Å². The van der Waals surface area contributed by atoms with Gasteiger partial charge in [0.05, 0.1) is 19.3 Å². The summed E-state index contributed by atoms with van der Waals surface area (Å²) in [5, 5.41) is 23.2. The van der Waals surface area contributed by atoms with Gasteiger partial charge in [0.15, 0.2) is 11.5 Å². The molecule has 20 heavy (non-hydrogen) atoms. The molecule has 0 spiro atoms. The van der Waals surface area contributed by atoms with Gasteiger partial charge in [0.2, 0.25) is 5.91 Å². The van der Waals surface area contributed by atoms with Gasteiger partial charge in [-0.3, -0.25) is 4.79 Å². The molecule has 1 aliphatic rings. The van der Waals surface area contributed by atoms with Crippen LogP contribution in [-0.2, 0) is 4.79 Å². The van der Waals surface area contributed by atoms with Gasteiger partial charge in [-0.1, -0.05) is 0 Å². The van der Waals surface area contributed by atoms with Crippen molar-refractivity contribution in [3.63, 3.8) is 0 Å². The summed E-state index contributed by atoms with van der Waals surface area (Å²) in [7, 11) is 0. The summed E-state index contributed by atoms with van der Waals surface area (Å²) in [4.78, 5) is 11.7. The molecule has 0 saturated carbocycles. The van der Waals surface area contributed by atoms with Crippen molar-refractivity contribution >= 4 is 11.6 Å². The molecule has 7 nitrogen and oxygen atoms in total. The molecular formula is C13H18N2O5. The Labute approximate surface area is 116 Å². The molecule has 1 heterocycles. The van der Waals surface area contributed by atoms with Crippen molar-refractivity contribution in [2.24, 2.45) is 0 Å². The first-order valence-corrected chi connectivity index (χ1v) is 6.38. The molecule has 1 unspecified atom stereocenters. The van der Waals surface area contributed by atoms with E-state index in [1.165, 1.54) is 0 Å². The topological polar surface area (TPSA) is 100 Å². The summed E-state index contributed by atoms with van der Waals surface area (Å²) < 4.78 is 10.8. The summed E-state index contributed by atoms with van der Waals surface area (Å²) in [6.07, 6.45) is -0.864. The second kappa shape index (κ2) is 7.09. The standard InChI is InChI=1S/C13H18N2O5/c16-8-10(17)6-14-7-13(18)15-9-1-2-11-12(5-9)20-4-3-19-11/h1-2,5,10,14,16-17H,3-4,6-8H2,(H,15,18). The Morgan fingerprint density at radius 1 is 1.30 bits per heavy atom. The van der Waals surface area contributed by atoms with Gasteiger partial charge >= 0.3 is 0 Å². The minimum absolute atomic E-state index is 0.0471. The Morgan fingerprint density at radius 2 is 2.05 bits per heavy atom. The van der Waals surface area contributed by atoms with E-state index >= 15 is 0 Å². The third-order valence-electron chi connectivity index (χ3n) is 2.70. The Kier molecular flexibility index (Phi) is 5.16. The molecule has 0 radical (unpaired) electrons. The Balaban J connectivity index is 1.82. The number of amides is 1. The van der Waals surface area contributed by atoms with Gasteiger partial charge in [-0.15, -0.1) is 0 Å². The molecule has 1 atom stereocenters. The third-order valence-corrected chi connectivity index (χ3v) is 2.70. The first kappa shape index (κ1) is 14.6. The molecule has 1 amide bonds. The molecule has 0 saturated heterocycles. The van der Waals surface area contributed by atoms with Crippen LogP contribution < -0.4 is 20.1 Å². The monoisotopic (exact) mass is 282 g/mol. The number of carbonyl (C=O) groups excluding carboxylic acids is 1. The van der Waals surface area contributed by atoms with Gasteiger partial charge in [-0.05, 0) is 12.1 Å². The number of fused-ring (bicyclic) bond motifs is 1. The Bertz CT molecular complexity index is 466. The van der Waals surface area contributed by atoms with Crippen molar-refractivity contribution in [2.75, 3.05) is 38.2 Å². The van der Waals surface area contributed by atoms with Crippen LogP contribution in [-0.4, -0.2) is 55.1 Å². The molecule has 0 bridgehead atoms. The SMILES string of the molecule is O=C(CNCC(O)CO)Nc1ccc2c(c1)OCCO2. The average Bonchev–Trinajstić information content (AvgIpc) is 2.47. The van der Waals surface area contributed by atoms with E-state index in [0.29, 0.717) is 30.4 Å². The van der Waals surface area contributed by atoms with Gasteiger partial charge in [-0.25, -0.2) is 0 Å². The minimum Gasteiger partial charge on any atom is -0.486 e. The number of aliphatic hydroxyl groups is 2. The van der Waals surface area contributed by atoms with E-state index in [9.17, 15) is 4.79 Å². The summed E-state index contributed by atoms with van der Waals surface area (Å²) in [5.41, 5.74) is 0.615. The fourth-order valence-corrected chi connectivity index (χ4v) is 1.74. The van der Waals surface area contributed by atoms with E-state index in [1.807, 2.05) is 0 Å². The molecule has 0 aromatic heterocycles. The number of benzene rings is 1. The minimum atomic E-state index is -0.864. The number of rotatable bonds is 6. The highest BCUT2D eigenvalue weighted by Crippen LogP contribution is 2.32. The molecule has 4 N–H and O–H groups in total. The Morgan fingerprint density at radius 3 is 2.80 bits per heavy atom. The van der Waals surface area contributed by atoms with Crippen LogP contribution in [0.4, 0.5) is 5.69 Å². The largest absolute Gasteiger partial charge is 0.486 e. The van der Waals surface area contributed by atoms with Crippen LogP contribution in [0.1, 0.15) is 0 Å². The van der Waals surface area contributed by atoms with Gasteiger partial charge < -0.3 is 30.3 Å². The van der Waals surface area contributed by atoms with Crippen molar-refractivity contribution in [2.45, 2.75) is 6.10 Å². The van der Waals surface area contributed by atoms with Crippen molar-refractivity contribution < 1.29 is 24.5 Å². The molecule has 110 valence electrons. The van der Waals surface area contributed by atoms with E-state index in [0.717, 1.165) is 0 Å². The maximum atomic E-state index is 11.7. The number of carbonyl (C=O) groups is 1. The van der Waals surface area contributed by atoms with Gasteiger partial charge in [0, 0.05) is 18.3 Å². The van der Waals surface area contributed by atoms with Crippen LogP contribution >= 0.6 is 0 Å². The predicted octanol–water partition coefficient (Wildman–Crippen LogP) is -0.661. The molecule has 1 aliphatic heterocycles. The highest BCUT2D eigenvalue weighted by Gasteiger charge is 2.12. The van der Waals surface area contributed by atoms with Crippen LogP contribution in [0.15, 0.2) is 18.2 Å². The molecule has 0 fully saturated rings. The normalized spacial score (nSPS) is 14.7. The lowest BCUT2D eigenvalue weighted by Crippen LogP contribution is -2.35. The van der Waals surface area contributed by atoms with E-state index in [1.54, 1.807) is 18.2 Å². The highest BCUT2D eigenvalue weighted by atomic mass is 16.6. The zero-order valence-electron chi connectivity index (χ0n) is 11.0. The lowest BCUT2D eigenvalue weighted by Gasteiger charge is -2.19. The quantitative estimate of drug-likeness (QED) is 0.553. The summed E-state index contributed by atoms with van der Waals surface area (Å²) in [6.45, 7) is 0.883. The van der Waals surface area contributed by atoms with E-state index in [2.05, 4.69) is 10.6 Å². The van der Waals surface area contributed by atoms with E-state index in [4.69, 9.17) is 19.7 Å². The van der Waals surface area contributed by atoms with Crippen LogP contribution in [0.25, 0.3) is 0 Å². The number of hydrogen-bond donors (Lipinski definition) is 4. The number of nitrogens with one attached hydrogen (secondary N) is 2. The van der Waals surface area contributed by atoms with Crippen molar-refractivity contribution in [3.05, 3.63) is 18.2 Å². The van der Waals surface area contributed by atoms with Crippen LogP contribution in [0.5, 0.6) is 11.5 Å². The predicted molar refractivity (Wildman–Crippen MR) is 72.0 cm³/mol. The van der Waals surface area contributed by atoms with Crippen LogP contribution in [0.3, 0.4) is 0 Å². The molecular weight excluding hydrogens is 264 g/mol. The Hall–Kier alpha value is -1.83. The third kappa shape index (κ3) is 4.09. The molecule has 1 aromatic rings. The van der Waals surface area contributed by atoms with Crippen LogP contribution in [0.2, 0.25) is 0 Å². The summed E-state index contributed by atoms with van der Waals surface area (Å²) in [6, 6.07) is 5.18. The smallest absolute Gasteiger partial charge is 0.238 e. The average molecular weight is 282 g/mol. The highest BCUT2D eigenvalue weighted by molar-refractivity contribution is 5.92. The van der Waals surface area contributed by atoms with Crippen LogP contribution in [0, 0.1) is 0 Å². The first-order valence-electron chi connectivity index (χ1n) is 6.38. The van der Waals surface area contributed by atoms with Crippen molar-refractivity contribution in [3.8, 4) is 11.5 Å². The summed E-state index contributed by atoms with van der Waals surface area (Å²) in [5.74, 6) is 1.03. The number of hydrogen-bond acceptors (Lipinski definition) is 6. The molecule has 0 aliphatic carbocycles. The van der Waals surface area contributed by atoms with E-state index in [-0.39, 0.29) is 25.6 Å². The lowest BCUT2D eigenvalue weighted by molar-refractivity contribution is -0.115. The number of aliphatic hydroxyl groups excluding tert-OH is 2. The summed E-state index contributed by atoms with van der Waals surface area (Å²) >= 11 is 0. The van der Waals surface area contributed by atoms with Gasteiger partial charge in [0.25, 0.3) is 0 Å². The zero-order chi connectivity index (χ0) is 14.4. The second-order valence-electron chi connectivity index (χ2n) is 4.37. The fourth-order valence-electron chi connectivity index (χ4n) is 1.74. The number of anilines is 1. The zero-order valence-corrected chi connectivity index (χ0v) is 11.0. The van der Waals surface area contributed by atoms with Crippen molar-refractivity contribution in [1.29, 1.82) is 0 Å². The first-order chi connectivity index (χ1) is 9.69. The molecule has 7 heteroatoms. The lowest BCUT2D eigenvalue weighted by atomic mass is 10.2. The maximum Gasteiger partial charge on any atom is 0.238 e. The van der Waals surface area contributed by atoms with Gasteiger partial charge in [0.1, 0.15) is 13.2 Å².